The lowest BCUT2D eigenvalue weighted by molar-refractivity contribution is 0.00224. The Morgan fingerprint density at radius 3 is 2.57 bits per heavy atom. The smallest absolute Gasteiger partial charge is 0.131 e. The molecule has 1 aliphatic heterocycles. The molecule has 2 unspecified atom stereocenters. The average molecular weight is 290 g/mol. The van der Waals surface area contributed by atoms with E-state index >= 15 is 0 Å². The van der Waals surface area contributed by atoms with Crippen LogP contribution >= 0.6 is 0 Å². The second-order valence-electron chi connectivity index (χ2n) is 5.20. The summed E-state index contributed by atoms with van der Waals surface area (Å²) >= 11 is 0. The maximum Gasteiger partial charge on any atom is 0.131 e. The Kier molecular flexibility index (Phi) is 3.99. The third-order valence-corrected chi connectivity index (χ3v) is 3.86. The minimum Gasteiger partial charge on any atom is -0.388 e. The first-order valence-electron chi connectivity index (χ1n) is 6.98. The molecule has 0 bridgehead atoms. The number of fused-ring (bicyclic) bond motifs is 1. The van der Waals surface area contributed by atoms with Crippen molar-refractivity contribution >= 4 is 0 Å². The van der Waals surface area contributed by atoms with Gasteiger partial charge in [-0.1, -0.05) is 30.3 Å². The van der Waals surface area contributed by atoms with Gasteiger partial charge >= 0.3 is 0 Å². The molecule has 2 aromatic rings. The summed E-state index contributed by atoms with van der Waals surface area (Å²) in [7, 11) is 0. The molecular formula is C17H16F2O2. The number of hydrogen-bond donors (Lipinski definition) is 1. The van der Waals surface area contributed by atoms with Crippen molar-refractivity contribution in [2.75, 3.05) is 6.61 Å². The highest BCUT2D eigenvalue weighted by molar-refractivity contribution is 5.31. The molecule has 0 aliphatic carbocycles. The lowest BCUT2D eigenvalue weighted by Gasteiger charge is -2.28. The Morgan fingerprint density at radius 2 is 1.81 bits per heavy atom. The minimum atomic E-state index is -1.23. The first-order chi connectivity index (χ1) is 10.2. The molecule has 0 radical (unpaired) electrons. The Bertz CT molecular complexity index is 622. The maximum atomic E-state index is 13.7. The number of rotatable bonds is 3. The summed E-state index contributed by atoms with van der Waals surface area (Å²) < 4.78 is 33.1. The van der Waals surface area contributed by atoms with Gasteiger partial charge < -0.3 is 9.84 Å². The molecular weight excluding hydrogens is 274 g/mol. The number of hydrogen-bond acceptors (Lipinski definition) is 2. The number of aliphatic hydroxyl groups is 1. The third kappa shape index (κ3) is 2.82. The largest absolute Gasteiger partial charge is 0.388 e. The fraction of sp³-hybridized carbons (Fsp3) is 0.294. The second-order valence-corrected chi connectivity index (χ2v) is 5.20. The molecule has 21 heavy (non-hydrogen) atoms. The van der Waals surface area contributed by atoms with Crippen LogP contribution in [0.5, 0.6) is 0 Å². The summed E-state index contributed by atoms with van der Waals surface area (Å²) in [6.07, 6.45) is -0.627. The molecule has 0 fully saturated rings. The van der Waals surface area contributed by atoms with Gasteiger partial charge in [-0.05, 0) is 29.7 Å². The van der Waals surface area contributed by atoms with Crippen molar-refractivity contribution < 1.29 is 18.6 Å². The summed E-state index contributed by atoms with van der Waals surface area (Å²) in [4.78, 5) is 0. The molecule has 0 saturated carbocycles. The zero-order valence-electron chi connectivity index (χ0n) is 11.4. The molecule has 1 aliphatic rings. The average Bonchev–Trinajstić information content (AvgIpc) is 2.47. The Labute approximate surface area is 122 Å². The van der Waals surface area contributed by atoms with Crippen LogP contribution in [0.25, 0.3) is 0 Å². The first kappa shape index (κ1) is 14.2. The molecule has 0 aromatic heterocycles. The van der Waals surface area contributed by atoms with E-state index in [-0.39, 0.29) is 18.1 Å². The van der Waals surface area contributed by atoms with Gasteiger partial charge in [-0.25, -0.2) is 8.78 Å². The lowest BCUT2D eigenvalue weighted by atomic mass is 9.92. The van der Waals surface area contributed by atoms with Crippen molar-refractivity contribution in [2.45, 2.75) is 25.0 Å². The topological polar surface area (TPSA) is 29.5 Å². The highest BCUT2D eigenvalue weighted by Crippen LogP contribution is 2.35. The van der Waals surface area contributed by atoms with Crippen molar-refractivity contribution in [3.63, 3.8) is 0 Å². The van der Waals surface area contributed by atoms with E-state index in [9.17, 15) is 13.9 Å². The normalized spacial score (nSPS) is 19.1. The first-order valence-corrected chi connectivity index (χ1v) is 6.98. The molecule has 1 heterocycles. The highest BCUT2D eigenvalue weighted by atomic mass is 19.1. The fourth-order valence-electron chi connectivity index (χ4n) is 2.82. The van der Waals surface area contributed by atoms with E-state index in [0.717, 1.165) is 29.7 Å². The quantitative estimate of drug-likeness (QED) is 0.934. The molecule has 0 saturated heterocycles. The summed E-state index contributed by atoms with van der Waals surface area (Å²) in [5.74, 6) is -1.46. The maximum absolute atomic E-state index is 13.7. The van der Waals surface area contributed by atoms with Gasteiger partial charge in [0.2, 0.25) is 0 Å². The van der Waals surface area contributed by atoms with Crippen LogP contribution in [0.3, 0.4) is 0 Å². The minimum absolute atomic E-state index is 0.134. The Hall–Kier alpha value is -1.78. The van der Waals surface area contributed by atoms with E-state index in [4.69, 9.17) is 4.74 Å². The van der Waals surface area contributed by atoms with Crippen LogP contribution in [-0.4, -0.2) is 11.7 Å². The van der Waals surface area contributed by atoms with E-state index in [1.165, 1.54) is 6.07 Å². The van der Waals surface area contributed by atoms with Crippen LogP contribution in [0.4, 0.5) is 8.78 Å². The second kappa shape index (κ2) is 5.92. The van der Waals surface area contributed by atoms with Gasteiger partial charge in [-0.15, -0.1) is 0 Å². The molecule has 1 N–H and O–H groups in total. The summed E-state index contributed by atoms with van der Waals surface area (Å²) in [6, 6.07) is 11.4. The number of benzene rings is 2. The molecule has 110 valence electrons. The Morgan fingerprint density at radius 1 is 1.10 bits per heavy atom. The zero-order chi connectivity index (χ0) is 14.8. The van der Waals surface area contributed by atoms with Gasteiger partial charge in [0.25, 0.3) is 0 Å². The van der Waals surface area contributed by atoms with Crippen LogP contribution in [0.15, 0.2) is 42.5 Å². The van der Waals surface area contributed by atoms with E-state index < -0.39 is 17.7 Å². The molecule has 3 rings (SSSR count). The zero-order valence-corrected chi connectivity index (χ0v) is 11.4. The third-order valence-electron chi connectivity index (χ3n) is 3.86. The van der Waals surface area contributed by atoms with E-state index in [1.807, 2.05) is 24.3 Å². The van der Waals surface area contributed by atoms with Gasteiger partial charge in [0.15, 0.2) is 0 Å². The molecule has 2 aromatic carbocycles. The van der Waals surface area contributed by atoms with Crippen molar-refractivity contribution in [3.05, 3.63) is 70.8 Å². The van der Waals surface area contributed by atoms with Crippen LogP contribution in [0.2, 0.25) is 0 Å². The predicted molar refractivity (Wildman–Crippen MR) is 74.8 cm³/mol. The van der Waals surface area contributed by atoms with Gasteiger partial charge in [-0.2, -0.15) is 0 Å². The van der Waals surface area contributed by atoms with Crippen LogP contribution in [0.1, 0.15) is 35.3 Å². The highest BCUT2D eigenvalue weighted by Gasteiger charge is 2.26. The van der Waals surface area contributed by atoms with Crippen molar-refractivity contribution in [1.82, 2.24) is 0 Å². The summed E-state index contributed by atoms with van der Waals surface area (Å²) in [5, 5.41) is 10.2. The molecule has 2 nitrogen and oxygen atoms in total. The molecule has 0 amide bonds. The van der Waals surface area contributed by atoms with E-state index in [0.29, 0.717) is 6.61 Å². The number of aliphatic hydroxyl groups excluding tert-OH is 1. The number of ether oxygens (including phenoxy) is 1. The summed E-state index contributed by atoms with van der Waals surface area (Å²) in [5.41, 5.74) is 1.86. The van der Waals surface area contributed by atoms with Crippen molar-refractivity contribution in [2.24, 2.45) is 0 Å². The molecule has 2 atom stereocenters. The van der Waals surface area contributed by atoms with Crippen LogP contribution < -0.4 is 0 Å². The SMILES string of the molecule is OC(CC1OCCc2ccccc21)c1c(F)cccc1F. The van der Waals surface area contributed by atoms with Gasteiger partial charge in [0, 0.05) is 6.42 Å². The van der Waals surface area contributed by atoms with Gasteiger partial charge in [-0.3, -0.25) is 0 Å². The van der Waals surface area contributed by atoms with E-state index in [2.05, 4.69) is 0 Å². The standard InChI is InChI=1S/C17H16F2O2/c18-13-6-3-7-14(19)17(13)15(20)10-16-12-5-2-1-4-11(12)8-9-21-16/h1-7,15-16,20H,8-10H2. The van der Waals surface area contributed by atoms with Gasteiger partial charge in [0.05, 0.1) is 24.4 Å². The van der Waals surface area contributed by atoms with Gasteiger partial charge in [0.1, 0.15) is 11.6 Å². The molecule has 0 spiro atoms. The summed E-state index contributed by atoms with van der Waals surface area (Å²) in [6.45, 7) is 0.550. The predicted octanol–water partition coefficient (Wildman–Crippen LogP) is 3.70. The Balaban J connectivity index is 1.85. The van der Waals surface area contributed by atoms with Crippen molar-refractivity contribution in [3.8, 4) is 0 Å². The monoisotopic (exact) mass is 290 g/mol. The van der Waals surface area contributed by atoms with Crippen LogP contribution in [-0.2, 0) is 11.2 Å². The molecule has 4 heteroatoms. The fourth-order valence-corrected chi connectivity index (χ4v) is 2.82. The number of halogens is 2. The lowest BCUT2D eigenvalue weighted by Crippen LogP contribution is -2.19. The van der Waals surface area contributed by atoms with E-state index in [1.54, 1.807) is 0 Å². The van der Waals surface area contributed by atoms with Crippen LogP contribution in [0, 0.1) is 11.6 Å². The van der Waals surface area contributed by atoms with Crippen molar-refractivity contribution in [1.29, 1.82) is 0 Å².